The molecule has 30 atom stereocenters. The maximum absolute atomic E-state index is 15.8. The van der Waals surface area contributed by atoms with Crippen LogP contribution in [0.4, 0.5) is 0 Å². The summed E-state index contributed by atoms with van der Waals surface area (Å²) in [5.74, 6) is -2.21. The summed E-state index contributed by atoms with van der Waals surface area (Å²) in [5.41, 5.74) is -3.11. The molecule has 14 N–H and O–H groups in total. The van der Waals surface area contributed by atoms with Crippen LogP contribution < -0.4 is 0 Å². The standard InChI is InChI=1S/C56H90O25/c1-23-33(62)37(66)40(69)46(74-23)79-44-43(78-47-41(70)38(67)34(63)28(19-57)75-47)36(65)30(21-73-24(2)60)77-49(44)81-50(72)56-15-13-51(3,4)17-26(56)25-9-10-32-52(5)18-27(61)45(80-48-42(71)39(68)35(64)29(20-58)76-48)53(6,22-59)31(52)11-12-55(32,8)54(25,7)14-16-56/h9,23,26-49,57-59,61-71H,10-22H2,1-8H3. The zero-order chi connectivity index (χ0) is 59.4. The van der Waals surface area contributed by atoms with Gasteiger partial charge in [0.25, 0.3) is 0 Å². The van der Waals surface area contributed by atoms with Crippen LogP contribution in [0.15, 0.2) is 11.6 Å². The average Bonchev–Trinajstić information content (AvgIpc) is 3.46. The second-order valence-electron chi connectivity index (χ2n) is 26.9. The van der Waals surface area contributed by atoms with Crippen LogP contribution in [0.5, 0.6) is 0 Å². The zero-order valence-corrected chi connectivity index (χ0v) is 47.5. The Bertz CT molecular complexity index is 2270. The molecule has 81 heavy (non-hydrogen) atoms. The molecule has 25 nitrogen and oxygen atoms in total. The van der Waals surface area contributed by atoms with E-state index >= 15 is 4.79 Å². The van der Waals surface area contributed by atoms with E-state index in [2.05, 4.69) is 40.7 Å². The molecule has 5 aliphatic carbocycles. The van der Waals surface area contributed by atoms with Gasteiger partial charge in [0.2, 0.25) is 6.29 Å². The minimum Gasteiger partial charge on any atom is -0.463 e. The summed E-state index contributed by atoms with van der Waals surface area (Å²) in [5, 5.41) is 153. The monoisotopic (exact) mass is 1160 g/mol. The van der Waals surface area contributed by atoms with Crippen molar-refractivity contribution in [2.24, 2.45) is 50.2 Å². The largest absolute Gasteiger partial charge is 0.463 e. The molecular weight excluding hydrogens is 1070 g/mol. The lowest BCUT2D eigenvalue weighted by Gasteiger charge is -2.72. The molecule has 4 aliphatic heterocycles. The minimum absolute atomic E-state index is 0.0725. The highest BCUT2D eigenvalue weighted by molar-refractivity contribution is 5.79. The van der Waals surface area contributed by atoms with Crippen LogP contribution in [0.25, 0.3) is 0 Å². The Morgan fingerprint density at radius 1 is 0.593 bits per heavy atom. The SMILES string of the molecule is CC(=O)OCC1OC(OC(=O)C23CCC(C)(C)CC2C2=CCC4C5(C)CC(O)C(OC6OC(CO)C(O)C(O)C6O)C(C)(CO)C5CCC4(C)C2(C)CC3)C(OC2OC(C)C(O)C(O)C2O)C(OC2OC(CO)C(O)C(O)C2O)C1O. The third kappa shape index (κ3) is 10.6. The molecule has 25 heteroatoms. The molecule has 0 bridgehead atoms. The van der Waals surface area contributed by atoms with Crippen molar-refractivity contribution in [1.29, 1.82) is 0 Å². The minimum atomic E-state index is -2.01. The van der Waals surface area contributed by atoms with Crippen molar-refractivity contribution in [3.05, 3.63) is 11.6 Å². The number of ether oxygens (including phenoxy) is 9. The van der Waals surface area contributed by atoms with Crippen LogP contribution in [-0.4, -0.2) is 245 Å². The topological polar surface area (TPSA) is 400 Å². The molecule has 8 fully saturated rings. The first-order valence-electron chi connectivity index (χ1n) is 28.8. The molecule has 0 aromatic carbocycles. The number of hydrogen-bond donors (Lipinski definition) is 14. The van der Waals surface area contributed by atoms with Crippen molar-refractivity contribution >= 4 is 11.9 Å². The Morgan fingerprint density at radius 2 is 1.14 bits per heavy atom. The lowest BCUT2D eigenvalue weighted by atomic mass is 9.33. The van der Waals surface area contributed by atoms with Gasteiger partial charge in [0.05, 0.1) is 43.5 Å². The van der Waals surface area contributed by atoms with Gasteiger partial charge in [-0.15, -0.1) is 0 Å². The number of carbonyl (C=O) groups excluding carboxylic acids is 2. The zero-order valence-electron chi connectivity index (χ0n) is 47.5. The van der Waals surface area contributed by atoms with E-state index in [0.29, 0.717) is 51.4 Å². The molecular formula is C56H90O25. The molecule has 4 saturated carbocycles. The molecule has 0 spiro atoms. The average molecular weight is 1160 g/mol. The van der Waals surface area contributed by atoms with Crippen molar-refractivity contribution < 1.29 is 124 Å². The van der Waals surface area contributed by atoms with Gasteiger partial charge < -0.3 is 114 Å². The van der Waals surface area contributed by atoms with Gasteiger partial charge in [-0.2, -0.15) is 0 Å². The summed E-state index contributed by atoms with van der Waals surface area (Å²) >= 11 is 0. The maximum atomic E-state index is 15.8. The quantitative estimate of drug-likeness (QED) is 0.0515. The van der Waals surface area contributed by atoms with E-state index in [1.165, 1.54) is 6.92 Å². The van der Waals surface area contributed by atoms with Crippen LogP contribution in [0, 0.1) is 50.2 Å². The van der Waals surface area contributed by atoms with E-state index in [1.54, 1.807) is 0 Å². The molecule has 30 unspecified atom stereocenters. The predicted octanol–water partition coefficient (Wildman–Crippen LogP) is -2.49. The van der Waals surface area contributed by atoms with Gasteiger partial charge in [0.15, 0.2) is 25.0 Å². The lowest BCUT2D eigenvalue weighted by Crippen LogP contribution is -2.69. The van der Waals surface area contributed by atoms with E-state index in [4.69, 9.17) is 42.6 Å². The number of esters is 2. The Kier molecular flexibility index (Phi) is 18.1. The lowest BCUT2D eigenvalue weighted by molar-refractivity contribution is -0.387. The van der Waals surface area contributed by atoms with Gasteiger partial charge in [-0.25, -0.2) is 0 Å². The smallest absolute Gasteiger partial charge is 0.315 e. The highest BCUT2D eigenvalue weighted by Gasteiger charge is 2.72. The molecule has 0 aromatic heterocycles. The van der Waals surface area contributed by atoms with Crippen LogP contribution in [0.3, 0.4) is 0 Å². The number of carbonyl (C=O) groups is 2. The number of hydrogen-bond acceptors (Lipinski definition) is 25. The first-order chi connectivity index (χ1) is 37.9. The predicted molar refractivity (Wildman–Crippen MR) is 274 cm³/mol. The molecule has 464 valence electrons. The summed E-state index contributed by atoms with van der Waals surface area (Å²) in [6, 6.07) is 0. The highest BCUT2D eigenvalue weighted by Crippen LogP contribution is 2.76. The molecule has 4 saturated heterocycles. The fourth-order valence-electron chi connectivity index (χ4n) is 16.8. The van der Waals surface area contributed by atoms with Crippen LogP contribution in [-0.2, 0) is 52.2 Å². The third-order valence-corrected chi connectivity index (χ3v) is 21.8. The fraction of sp³-hybridized carbons (Fsp3) is 0.929. The summed E-state index contributed by atoms with van der Waals surface area (Å²) in [6.45, 7) is 12.8. The van der Waals surface area contributed by atoms with E-state index in [9.17, 15) is 76.3 Å². The number of aliphatic hydroxyl groups excluding tert-OH is 14. The summed E-state index contributed by atoms with van der Waals surface area (Å²) in [4.78, 5) is 28.1. The van der Waals surface area contributed by atoms with Crippen LogP contribution in [0.2, 0.25) is 0 Å². The molecule has 4 heterocycles. The van der Waals surface area contributed by atoms with Crippen molar-refractivity contribution in [1.82, 2.24) is 0 Å². The second kappa shape index (κ2) is 23.2. The molecule has 0 amide bonds. The molecule has 9 rings (SSSR count). The van der Waals surface area contributed by atoms with Gasteiger partial charge in [-0.05, 0) is 104 Å². The second-order valence-corrected chi connectivity index (χ2v) is 26.9. The normalized spacial score (nSPS) is 53.4. The van der Waals surface area contributed by atoms with Crippen LogP contribution >= 0.6 is 0 Å². The number of aliphatic hydroxyl groups is 14. The van der Waals surface area contributed by atoms with Crippen molar-refractivity contribution in [3.8, 4) is 0 Å². The first-order valence-corrected chi connectivity index (χ1v) is 28.8. The fourth-order valence-corrected chi connectivity index (χ4v) is 16.8. The van der Waals surface area contributed by atoms with Gasteiger partial charge in [-0.3, -0.25) is 9.59 Å². The Morgan fingerprint density at radius 3 is 1.72 bits per heavy atom. The van der Waals surface area contributed by atoms with Crippen LogP contribution in [0.1, 0.15) is 113 Å². The van der Waals surface area contributed by atoms with E-state index in [-0.39, 0.29) is 23.7 Å². The van der Waals surface area contributed by atoms with Crippen molar-refractivity contribution in [2.75, 3.05) is 26.4 Å². The van der Waals surface area contributed by atoms with Gasteiger partial charge in [-0.1, -0.05) is 53.2 Å². The number of fused-ring (bicyclic) bond motifs is 7. The Balaban J connectivity index is 1.05. The molecule has 0 aromatic rings. The van der Waals surface area contributed by atoms with Gasteiger partial charge in [0.1, 0.15) is 92.1 Å². The summed E-state index contributed by atoms with van der Waals surface area (Å²) in [6.07, 6.45) is -30.0. The summed E-state index contributed by atoms with van der Waals surface area (Å²) < 4.78 is 54.3. The van der Waals surface area contributed by atoms with Crippen molar-refractivity contribution in [2.45, 2.75) is 248 Å². The number of allylic oxidation sites excluding steroid dienone is 2. The van der Waals surface area contributed by atoms with E-state index in [1.807, 2.05) is 6.92 Å². The summed E-state index contributed by atoms with van der Waals surface area (Å²) in [7, 11) is 0. The highest BCUT2D eigenvalue weighted by atomic mass is 16.8. The van der Waals surface area contributed by atoms with E-state index < -0.39 is 206 Å². The number of rotatable bonds is 13. The molecule has 0 radical (unpaired) electrons. The Labute approximate surface area is 471 Å². The van der Waals surface area contributed by atoms with Gasteiger partial charge >= 0.3 is 11.9 Å². The Hall–Kier alpha value is -2.16. The van der Waals surface area contributed by atoms with Gasteiger partial charge in [0, 0.05) is 12.3 Å². The first kappa shape index (κ1) is 63.3. The van der Waals surface area contributed by atoms with E-state index in [0.717, 1.165) is 12.5 Å². The third-order valence-electron chi connectivity index (χ3n) is 21.8. The van der Waals surface area contributed by atoms with Crippen molar-refractivity contribution in [3.63, 3.8) is 0 Å². The maximum Gasteiger partial charge on any atom is 0.315 e. The molecule has 9 aliphatic rings.